The number of aromatic nitrogens is 1. The number of thioether (sulfide) groups is 1. The maximum atomic E-state index is 12.5. The Morgan fingerprint density at radius 2 is 2.00 bits per heavy atom. The van der Waals surface area contributed by atoms with Crippen molar-refractivity contribution in [3.8, 4) is 11.5 Å². The Balaban J connectivity index is 1.44. The summed E-state index contributed by atoms with van der Waals surface area (Å²) in [6.45, 7) is 1.00. The van der Waals surface area contributed by atoms with E-state index >= 15 is 0 Å². The van der Waals surface area contributed by atoms with E-state index in [2.05, 4.69) is 10.3 Å². The summed E-state index contributed by atoms with van der Waals surface area (Å²) in [4.78, 5) is 17.1. The van der Waals surface area contributed by atoms with Crippen molar-refractivity contribution in [3.63, 3.8) is 0 Å². The number of amides is 1. The van der Waals surface area contributed by atoms with Crippen LogP contribution in [0.15, 0.2) is 41.3 Å². The third-order valence-electron chi connectivity index (χ3n) is 3.80. The van der Waals surface area contributed by atoms with E-state index < -0.39 is 5.76 Å². The molecule has 2 heterocycles. The highest BCUT2D eigenvalue weighted by atomic mass is 32.2. The molecule has 0 fully saturated rings. The van der Waals surface area contributed by atoms with Crippen LogP contribution < -0.4 is 14.8 Å². The van der Waals surface area contributed by atoms with Gasteiger partial charge < -0.3 is 14.8 Å². The number of rotatable bonds is 5. The zero-order chi connectivity index (χ0) is 18.8. The molecule has 1 aliphatic heterocycles. The predicted octanol–water partition coefficient (Wildman–Crippen LogP) is 4.56. The Morgan fingerprint density at radius 1 is 1.19 bits per heavy atom. The van der Waals surface area contributed by atoms with Crippen molar-refractivity contribution in [2.45, 2.75) is 17.1 Å². The molecule has 0 aliphatic carbocycles. The van der Waals surface area contributed by atoms with E-state index in [-0.39, 0.29) is 12.3 Å². The lowest BCUT2D eigenvalue weighted by molar-refractivity contribution is -0.115. The number of hydrogen-bond acceptors (Lipinski definition) is 6. The van der Waals surface area contributed by atoms with Crippen LogP contribution in [0.4, 0.5) is 13.9 Å². The third-order valence-corrected chi connectivity index (χ3v) is 5.44. The number of nitrogens with one attached hydrogen (secondary N) is 1. The second-order valence-electron chi connectivity index (χ2n) is 5.73. The van der Waals surface area contributed by atoms with Crippen LogP contribution in [0.1, 0.15) is 5.56 Å². The van der Waals surface area contributed by atoms with Crippen LogP contribution in [0, 0.1) is 0 Å². The van der Waals surface area contributed by atoms with Crippen LogP contribution in [0.2, 0.25) is 0 Å². The normalized spacial score (nSPS) is 13.1. The van der Waals surface area contributed by atoms with Gasteiger partial charge in [0.2, 0.25) is 5.91 Å². The molecule has 0 spiro atoms. The van der Waals surface area contributed by atoms with Crippen molar-refractivity contribution in [1.29, 1.82) is 0 Å². The molecule has 0 unspecified atom stereocenters. The number of carbonyl (C=O) groups excluding carboxylic acids is 1. The Labute approximate surface area is 161 Å². The molecule has 4 rings (SSSR count). The van der Waals surface area contributed by atoms with Gasteiger partial charge in [0.25, 0.3) is 5.76 Å². The maximum absolute atomic E-state index is 12.5. The van der Waals surface area contributed by atoms with Crippen LogP contribution in [-0.2, 0) is 11.2 Å². The molecule has 3 aromatic rings. The number of alkyl halides is 2. The Morgan fingerprint density at radius 3 is 2.81 bits per heavy atom. The van der Waals surface area contributed by atoms with E-state index in [1.165, 1.54) is 11.3 Å². The van der Waals surface area contributed by atoms with Gasteiger partial charge >= 0.3 is 0 Å². The Kier molecular flexibility index (Phi) is 5.13. The second kappa shape index (κ2) is 7.69. The minimum atomic E-state index is -2.47. The van der Waals surface area contributed by atoms with Gasteiger partial charge in [-0.3, -0.25) is 4.79 Å². The molecule has 0 saturated heterocycles. The molecule has 9 heteroatoms. The average Bonchev–Trinajstić information content (AvgIpc) is 3.02. The van der Waals surface area contributed by atoms with E-state index in [4.69, 9.17) is 9.47 Å². The number of anilines is 1. The number of hydrogen-bond donors (Lipinski definition) is 1. The minimum absolute atomic E-state index is 0.166. The van der Waals surface area contributed by atoms with Gasteiger partial charge in [-0.2, -0.15) is 8.78 Å². The van der Waals surface area contributed by atoms with E-state index in [1.54, 1.807) is 30.3 Å². The summed E-state index contributed by atoms with van der Waals surface area (Å²) in [6, 6.07) is 10.3. The van der Waals surface area contributed by atoms with Crippen molar-refractivity contribution >= 4 is 44.4 Å². The first kappa shape index (κ1) is 18.0. The van der Waals surface area contributed by atoms with Crippen LogP contribution in [0.5, 0.6) is 11.5 Å². The average molecular weight is 408 g/mol. The number of carbonyl (C=O) groups is 1. The summed E-state index contributed by atoms with van der Waals surface area (Å²) >= 11 is 1.74. The Bertz CT molecular complexity index is 994. The van der Waals surface area contributed by atoms with Crippen LogP contribution >= 0.6 is 23.1 Å². The quantitative estimate of drug-likeness (QED) is 0.627. The summed E-state index contributed by atoms with van der Waals surface area (Å²) in [7, 11) is 0. The fourth-order valence-electron chi connectivity index (χ4n) is 2.68. The first-order valence-electron chi connectivity index (χ1n) is 8.10. The lowest BCUT2D eigenvalue weighted by atomic mass is 10.1. The maximum Gasteiger partial charge on any atom is 0.288 e. The van der Waals surface area contributed by atoms with Gasteiger partial charge in [0.15, 0.2) is 16.6 Å². The Hall–Kier alpha value is -2.39. The fraction of sp³-hybridized carbons (Fsp3) is 0.222. The summed E-state index contributed by atoms with van der Waals surface area (Å²) in [5.41, 5.74) is 1.46. The number of benzene rings is 2. The molecule has 0 bridgehead atoms. The van der Waals surface area contributed by atoms with E-state index in [0.717, 1.165) is 10.3 Å². The molecule has 1 aliphatic rings. The summed E-state index contributed by atoms with van der Waals surface area (Å²) in [5.74, 6) is -1.38. The molecule has 0 atom stereocenters. The van der Waals surface area contributed by atoms with E-state index in [1.807, 2.05) is 6.07 Å². The highest BCUT2D eigenvalue weighted by molar-refractivity contribution is 7.99. The van der Waals surface area contributed by atoms with Crippen molar-refractivity contribution < 1.29 is 23.0 Å². The SMILES string of the molecule is O=C(Cc1ccc2c(c1)OCCO2)Nc1nc2ccc(SC(F)F)cc2s1. The van der Waals surface area contributed by atoms with Gasteiger partial charge in [-0.1, -0.05) is 29.2 Å². The van der Waals surface area contributed by atoms with E-state index in [9.17, 15) is 13.6 Å². The molecule has 5 nitrogen and oxygen atoms in total. The molecule has 1 amide bonds. The zero-order valence-electron chi connectivity index (χ0n) is 13.9. The number of ether oxygens (including phenoxy) is 2. The lowest BCUT2D eigenvalue weighted by Crippen LogP contribution is -2.17. The van der Waals surface area contributed by atoms with Crippen molar-refractivity contribution in [2.75, 3.05) is 18.5 Å². The largest absolute Gasteiger partial charge is 0.486 e. The van der Waals surface area contributed by atoms with Gasteiger partial charge in [0.1, 0.15) is 13.2 Å². The molecular formula is C18H14F2N2O3S2. The molecule has 27 heavy (non-hydrogen) atoms. The topological polar surface area (TPSA) is 60.5 Å². The van der Waals surface area contributed by atoms with Crippen molar-refractivity contribution in [2.24, 2.45) is 0 Å². The predicted molar refractivity (Wildman–Crippen MR) is 101 cm³/mol. The van der Waals surface area contributed by atoms with Crippen molar-refractivity contribution in [3.05, 3.63) is 42.0 Å². The molecule has 140 valence electrons. The van der Waals surface area contributed by atoms with Crippen LogP contribution in [0.25, 0.3) is 10.2 Å². The fourth-order valence-corrected chi connectivity index (χ4v) is 4.22. The number of nitrogens with zero attached hydrogens (tertiary/aromatic N) is 1. The highest BCUT2D eigenvalue weighted by Crippen LogP contribution is 2.33. The monoisotopic (exact) mass is 408 g/mol. The summed E-state index contributed by atoms with van der Waals surface area (Å²) < 4.78 is 36.7. The van der Waals surface area contributed by atoms with Gasteiger partial charge in [-0.05, 0) is 35.9 Å². The molecule has 0 saturated carbocycles. The number of halogens is 2. The molecule has 0 radical (unpaired) electrons. The molecule has 1 aromatic heterocycles. The third kappa shape index (κ3) is 4.30. The highest BCUT2D eigenvalue weighted by Gasteiger charge is 2.14. The molecule has 2 aromatic carbocycles. The van der Waals surface area contributed by atoms with E-state index in [0.29, 0.717) is 52.0 Å². The molecular weight excluding hydrogens is 394 g/mol. The summed E-state index contributed by atoms with van der Waals surface area (Å²) in [6.07, 6.45) is 0.166. The smallest absolute Gasteiger partial charge is 0.288 e. The minimum Gasteiger partial charge on any atom is -0.486 e. The zero-order valence-corrected chi connectivity index (χ0v) is 15.5. The number of thiazole rings is 1. The standard InChI is InChI=1S/C18H14F2N2O3S2/c19-17(20)26-11-2-3-12-15(9-11)27-18(21-12)22-16(23)8-10-1-4-13-14(7-10)25-6-5-24-13/h1-4,7,9,17H,5-6,8H2,(H,21,22,23). The van der Waals surface area contributed by atoms with Crippen molar-refractivity contribution in [1.82, 2.24) is 4.98 Å². The van der Waals surface area contributed by atoms with Gasteiger partial charge in [0, 0.05) is 4.90 Å². The van der Waals surface area contributed by atoms with Gasteiger partial charge in [0.05, 0.1) is 16.6 Å². The second-order valence-corrected chi connectivity index (χ2v) is 7.82. The van der Waals surface area contributed by atoms with Gasteiger partial charge in [-0.15, -0.1) is 0 Å². The van der Waals surface area contributed by atoms with Gasteiger partial charge in [-0.25, -0.2) is 4.98 Å². The first-order chi connectivity index (χ1) is 13.1. The molecule has 1 N–H and O–H groups in total. The summed E-state index contributed by atoms with van der Waals surface area (Å²) in [5, 5.41) is 3.20. The number of fused-ring (bicyclic) bond motifs is 2. The first-order valence-corrected chi connectivity index (χ1v) is 9.80. The van der Waals surface area contributed by atoms with Crippen LogP contribution in [-0.4, -0.2) is 29.9 Å². The van der Waals surface area contributed by atoms with Crippen LogP contribution in [0.3, 0.4) is 0 Å². The lowest BCUT2D eigenvalue weighted by Gasteiger charge is -2.18.